The minimum absolute atomic E-state index is 0. The summed E-state index contributed by atoms with van der Waals surface area (Å²) in [4.78, 5) is 1.92. The molecule has 1 aliphatic heterocycles. The summed E-state index contributed by atoms with van der Waals surface area (Å²) in [6.07, 6.45) is 0. The standard InChI is InChI=1S/C5H12N2O2S.ClH/c8-10(9)5-7-3-1-6-2-4-7;/h6H,1-5H2,(H,8,9);1H/p-1. The third-order valence-electron chi connectivity index (χ3n) is 1.50. The number of hydrogen-bond acceptors (Lipinski definition) is 4. The van der Waals surface area contributed by atoms with Crippen molar-refractivity contribution < 1.29 is 8.76 Å². The fourth-order valence-electron chi connectivity index (χ4n) is 0.989. The van der Waals surface area contributed by atoms with Gasteiger partial charge in [-0.15, -0.1) is 12.4 Å². The summed E-state index contributed by atoms with van der Waals surface area (Å²) >= 11 is -1.91. The summed E-state index contributed by atoms with van der Waals surface area (Å²) in [7, 11) is 0. The molecule has 6 heteroatoms. The van der Waals surface area contributed by atoms with E-state index in [1.54, 1.807) is 0 Å². The zero-order valence-corrected chi connectivity index (χ0v) is 7.75. The van der Waals surface area contributed by atoms with Gasteiger partial charge in [0, 0.05) is 26.2 Å². The molecule has 0 aromatic carbocycles. The van der Waals surface area contributed by atoms with E-state index in [2.05, 4.69) is 5.32 Å². The number of nitrogens with zero attached hydrogens (tertiary/aromatic N) is 1. The van der Waals surface area contributed by atoms with Crippen LogP contribution < -0.4 is 5.32 Å². The number of halogens is 1. The Balaban J connectivity index is 0.000001000. The highest BCUT2D eigenvalue weighted by Gasteiger charge is 2.07. The lowest BCUT2D eigenvalue weighted by Crippen LogP contribution is -2.44. The number of piperazine rings is 1. The topological polar surface area (TPSA) is 55.4 Å². The van der Waals surface area contributed by atoms with Gasteiger partial charge in [0.2, 0.25) is 0 Å². The van der Waals surface area contributed by atoms with E-state index in [0.717, 1.165) is 26.2 Å². The van der Waals surface area contributed by atoms with E-state index in [0.29, 0.717) is 0 Å². The van der Waals surface area contributed by atoms with Gasteiger partial charge in [0.05, 0.1) is 5.88 Å². The van der Waals surface area contributed by atoms with Crippen LogP contribution in [0.4, 0.5) is 0 Å². The Morgan fingerprint density at radius 1 is 1.45 bits per heavy atom. The zero-order chi connectivity index (χ0) is 7.40. The first-order valence-corrected chi connectivity index (χ1v) is 4.52. The Morgan fingerprint density at radius 3 is 2.45 bits per heavy atom. The SMILES string of the molecule is Cl.O=S([O-])CN1CCNCC1. The lowest BCUT2D eigenvalue weighted by Gasteiger charge is -2.27. The molecule has 0 aliphatic carbocycles. The fraction of sp³-hybridized carbons (Fsp3) is 1.00. The third kappa shape index (κ3) is 4.71. The maximum atomic E-state index is 10.2. The summed E-state index contributed by atoms with van der Waals surface area (Å²) in [6, 6.07) is 0. The molecule has 0 spiro atoms. The second-order valence-corrected chi connectivity index (χ2v) is 3.17. The van der Waals surface area contributed by atoms with Crippen LogP contribution in [-0.2, 0) is 11.1 Å². The van der Waals surface area contributed by atoms with Crippen molar-refractivity contribution in [1.82, 2.24) is 10.2 Å². The molecular weight excluding hydrogens is 188 g/mol. The first kappa shape index (κ1) is 11.3. The second-order valence-electron chi connectivity index (χ2n) is 2.30. The largest absolute Gasteiger partial charge is 0.771 e. The molecule has 1 saturated heterocycles. The van der Waals surface area contributed by atoms with Gasteiger partial charge >= 0.3 is 0 Å². The van der Waals surface area contributed by atoms with Gasteiger partial charge in [0.1, 0.15) is 0 Å². The van der Waals surface area contributed by atoms with Gasteiger partial charge in [0.25, 0.3) is 0 Å². The van der Waals surface area contributed by atoms with Crippen molar-refractivity contribution in [2.24, 2.45) is 0 Å². The van der Waals surface area contributed by atoms with Gasteiger partial charge in [0.15, 0.2) is 0 Å². The molecule has 1 fully saturated rings. The van der Waals surface area contributed by atoms with Crippen molar-refractivity contribution in [2.75, 3.05) is 32.1 Å². The van der Waals surface area contributed by atoms with Gasteiger partial charge in [-0.25, -0.2) is 0 Å². The Labute approximate surface area is 75.0 Å². The van der Waals surface area contributed by atoms with Gasteiger partial charge in [-0.2, -0.15) is 0 Å². The van der Waals surface area contributed by atoms with E-state index >= 15 is 0 Å². The molecule has 0 amide bonds. The quantitative estimate of drug-likeness (QED) is 0.589. The first-order chi connectivity index (χ1) is 4.79. The van der Waals surface area contributed by atoms with Crippen molar-refractivity contribution in [2.45, 2.75) is 0 Å². The highest BCUT2D eigenvalue weighted by molar-refractivity contribution is 7.79. The molecule has 1 N–H and O–H groups in total. The van der Waals surface area contributed by atoms with Crippen LogP contribution in [0.5, 0.6) is 0 Å². The lowest BCUT2D eigenvalue weighted by atomic mass is 10.4. The molecule has 11 heavy (non-hydrogen) atoms. The van der Waals surface area contributed by atoms with E-state index < -0.39 is 11.1 Å². The zero-order valence-electron chi connectivity index (χ0n) is 6.12. The molecule has 1 unspecified atom stereocenters. The molecule has 1 rings (SSSR count). The summed E-state index contributed by atoms with van der Waals surface area (Å²) in [5.74, 6) is 0.182. The smallest absolute Gasteiger partial charge is 0.0614 e. The maximum Gasteiger partial charge on any atom is 0.0614 e. The van der Waals surface area contributed by atoms with E-state index in [4.69, 9.17) is 0 Å². The van der Waals surface area contributed by atoms with Gasteiger partial charge in [-0.05, 0) is 11.1 Å². The fourth-order valence-corrected chi connectivity index (χ4v) is 1.55. The van der Waals surface area contributed by atoms with Crippen molar-refractivity contribution in [1.29, 1.82) is 0 Å². The monoisotopic (exact) mass is 199 g/mol. The molecule has 1 aliphatic rings. The average Bonchev–Trinajstić information content (AvgIpc) is 1.88. The Morgan fingerprint density at radius 2 is 2.00 bits per heavy atom. The molecule has 68 valence electrons. The van der Waals surface area contributed by atoms with Crippen LogP contribution in [0.3, 0.4) is 0 Å². The van der Waals surface area contributed by atoms with Gasteiger partial charge in [-0.1, -0.05) is 0 Å². The van der Waals surface area contributed by atoms with Crippen LogP contribution in [-0.4, -0.2) is 45.7 Å². The first-order valence-electron chi connectivity index (χ1n) is 3.28. The molecule has 0 saturated carbocycles. The molecule has 1 atom stereocenters. The molecule has 0 aromatic rings. The minimum Gasteiger partial charge on any atom is -0.771 e. The second kappa shape index (κ2) is 5.91. The van der Waals surface area contributed by atoms with Gasteiger partial charge in [-0.3, -0.25) is 9.11 Å². The van der Waals surface area contributed by atoms with E-state index in [-0.39, 0.29) is 18.3 Å². The molecule has 0 radical (unpaired) electrons. The van der Waals surface area contributed by atoms with Crippen molar-refractivity contribution >= 4 is 23.5 Å². The third-order valence-corrected chi connectivity index (χ3v) is 2.07. The number of nitrogens with one attached hydrogen (secondary N) is 1. The Kier molecular flexibility index (Phi) is 6.08. The van der Waals surface area contributed by atoms with E-state index in [9.17, 15) is 8.76 Å². The Bertz CT molecular complexity index is 130. The van der Waals surface area contributed by atoms with Crippen LogP contribution in [0.2, 0.25) is 0 Å². The van der Waals surface area contributed by atoms with Crippen molar-refractivity contribution in [3.63, 3.8) is 0 Å². The predicted molar refractivity (Wildman–Crippen MR) is 45.5 cm³/mol. The highest BCUT2D eigenvalue weighted by atomic mass is 35.5. The number of rotatable bonds is 2. The van der Waals surface area contributed by atoms with Crippen LogP contribution >= 0.6 is 12.4 Å². The van der Waals surface area contributed by atoms with E-state index in [1.807, 2.05) is 4.90 Å². The average molecular weight is 200 g/mol. The minimum atomic E-state index is -1.91. The van der Waals surface area contributed by atoms with Crippen LogP contribution in [0, 0.1) is 0 Å². The number of hydrogen-bond donors (Lipinski definition) is 1. The Hall–Kier alpha value is 0.320. The molecule has 1 heterocycles. The molecular formula is C5H12ClN2O2S-. The summed E-state index contributed by atoms with van der Waals surface area (Å²) in [6.45, 7) is 3.48. The highest BCUT2D eigenvalue weighted by Crippen LogP contribution is 1.91. The molecule has 0 aromatic heterocycles. The maximum absolute atomic E-state index is 10.2. The summed E-state index contributed by atoms with van der Waals surface area (Å²) in [5.41, 5.74) is 0. The lowest BCUT2D eigenvalue weighted by molar-refractivity contribution is 0.272. The predicted octanol–water partition coefficient (Wildman–Crippen LogP) is -0.850. The molecule has 0 bridgehead atoms. The van der Waals surface area contributed by atoms with Gasteiger partial charge < -0.3 is 9.87 Å². The van der Waals surface area contributed by atoms with Crippen LogP contribution in [0.25, 0.3) is 0 Å². The van der Waals surface area contributed by atoms with Crippen molar-refractivity contribution in [3.8, 4) is 0 Å². The van der Waals surface area contributed by atoms with Crippen LogP contribution in [0.15, 0.2) is 0 Å². The summed E-state index contributed by atoms with van der Waals surface area (Å²) in [5, 5.41) is 3.15. The van der Waals surface area contributed by atoms with E-state index in [1.165, 1.54) is 0 Å². The van der Waals surface area contributed by atoms with Crippen molar-refractivity contribution in [3.05, 3.63) is 0 Å². The van der Waals surface area contributed by atoms with Crippen LogP contribution in [0.1, 0.15) is 0 Å². The normalized spacial score (nSPS) is 22.3. The summed E-state index contributed by atoms with van der Waals surface area (Å²) < 4.78 is 20.4. The molecule has 4 nitrogen and oxygen atoms in total.